The lowest BCUT2D eigenvalue weighted by atomic mass is 10.1. The standard InChI is InChI=1S/C10H7Cl2N3OS/c11-7-1-2-8(9(12)3-7)10(17-16)4-15-6-13-5-14-15/h1-3,5-6H,4H2. The van der Waals surface area contributed by atoms with E-state index in [2.05, 4.69) is 10.1 Å². The summed E-state index contributed by atoms with van der Waals surface area (Å²) in [6.45, 7) is 0.343. The third-order valence-electron chi connectivity index (χ3n) is 2.10. The van der Waals surface area contributed by atoms with Crippen molar-refractivity contribution < 1.29 is 4.21 Å². The molecule has 1 heterocycles. The summed E-state index contributed by atoms with van der Waals surface area (Å²) in [4.78, 5) is 4.38. The molecule has 0 saturated carbocycles. The zero-order valence-electron chi connectivity index (χ0n) is 8.51. The zero-order valence-corrected chi connectivity index (χ0v) is 10.8. The molecule has 88 valence electrons. The summed E-state index contributed by atoms with van der Waals surface area (Å²) < 4.78 is 12.7. The van der Waals surface area contributed by atoms with E-state index >= 15 is 0 Å². The van der Waals surface area contributed by atoms with Crippen LogP contribution in [0.25, 0.3) is 0 Å². The van der Waals surface area contributed by atoms with Gasteiger partial charge in [0.15, 0.2) is 0 Å². The van der Waals surface area contributed by atoms with Gasteiger partial charge in [-0.2, -0.15) is 5.10 Å². The van der Waals surface area contributed by atoms with Crippen LogP contribution in [0.1, 0.15) is 5.56 Å². The lowest BCUT2D eigenvalue weighted by molar-refractivity contribution is 0.698. The molecule has 0 aliphatic rings. The molecule has 0 fully saturated rings. The molecule has 0 atom stereocenters. The van der Waals surface area contributed by atoms with Crippen molar-refractivity contribution in [2.45, 2.75) is 6.54 Å². The Bertz CT molecular complexity index is 579. The van der Waals surface area contributed by atoms with Gasteiger partial charge in [0, 0.05) is 10.6 Å². The largest absolute Gasteiger partial charge is 0.248 e. The van der Waals surface area contributed by atoms with Crippen LogP contribution < -0.4 is 0 Å². The van der Waals surface area contributed by atoms with Crippen molar-refractivity contribution in [3.05, 3.63) is 46.5 Å². The first kappa shape index (κ1) is 12.3. The fourth-order valence-corrected chi connectivity index (χ4v) is 2.36. The number of hydrogen-bond donors (Lipinski definition) is 0. The Morgan fingerprint density at radius 3 is 2.82 bits per heavy atom. The van der Waals surface area contributed by atoms with E-state index in [4.69, 9.17) is 23.2 Å². The molecule has 7 heteroatoms. The predicted molar refractivity (Wildman–Crippen MR) is 68.7 cm³/mol. The van der Waals surface area contributed by atoms with Gasteiger partial charge in [0.25, 0.3) is 0 Å². The van der Waals surface area contributed by atoms with Gasteiger partial charge in [-0.05, 0) is 12.1 Å². The molecule has 0 aliphatic carbocycles. The van der Waals surface area contributed by atoms with E-state index in [9.17, 15) is 4.21 Å². The third-order valence-corrected chi connectivity index (χ3v) is 3.20. The average molecular weight is 288 g/mol. The molecule has 2 aromatic rings. The van der Waals surface area contributed by atoms with Gasteiger partial charge in [-0.15, -0.1) is 0 Å². The van der Waals surface area contributed by atoms with Crippen molar-refractivity contribution in [3.63, 3.8) is 0 Å². The summed E-state index contributed by atoms with van der Waals surface area (Å²) in [5.41, 5.74) is 0.673. The predicted octanol–water partition coefficient (Wildman–Crippen LogP) is 2.02. The van der Waals surface area contributed by atoms with E-state index in [1.807, 2.05) is 0 Å². The Balaban J connectivity index is 2.33. The summed E-state index contributed by atoms with van der Waals surface area (Å²) in [5.74, 6) is 0. The van der Waals surface area contributed by atoms with Crippen LogP contribution in [0.2, 0.25) is 10.0 Å². The van der Waals surface area contributed by atoms with Gasteiger partial charge >= 0.3 is 0 Å². The lowest BCUT2D eigenvalue weighted by Gasteiger charge is -2.06. The second-order valence-corrected chi connectivity index (χ2v) is 4.73. The van der Waals surface area contributed by atoms with E-state index in [0.717, 1.165) is 0 Å². The second kappa shape index (κ2) is 5.44. The van der Waals surface area contributed by atoms with Gasteiger partial charge in [0.1, 0.15) is 12.7 Å². The summed E-state index contributed by atoms with van der Waals surface area (Å²) in [6, 6.07) is 5.03. The quantitative estimate of drug-likeness (QED) is 0.641. The highest BCUT2D eigenvalue weighted by molar-refractivity contribution is 7.67. The third kappa shape index (κ3) is 2.94. The van der Waals surface area contributed by atoms with E-state index in [1.165, 1.54) is 6.33 Å². The van der Waals surface area contributed by atoms with Crippen LogP contribution >= 0.6 is 23.2 Å². The van der Waals surface area contributed by atoms with Gasteiger partial charge in [0.05, 0.1) is 27.7 Å². The first-order chi connectivity index (χ1) is 8.20. The Morgan fingerprint density at radius 2 is 2.24 bits per heavy atom. The molecular formula is C10H7Cl2N3OS. The average Bonchev–Trinajstić information content (AvgIpc) is 2.79. The number of nitrogens with zero attached hydrogens (tertiary/aromatic N) is 3. The van der Waals surface area contributed by atoms with Crippen molar-refractivity contribution in [1.82, 2.24) is 14.8 Å². The smallest absolute Gasteiger partial charge is 0.137 e. The number of aromatic nitrogens is 3. The van der Waals surface area contributed by atoms with Crippen LogP contribution in [0.4, 0.5) is 0 Å². The fraction of sp³-hybridized carbons (Fsp3) is 0.100. The maximum Gasteiger partial charge on any atom is 0.137 e. The van der Waals surface area contributed by atoms with Crippen molar-refractivity contribution in [2.24, 2.45) is 0 Å². The van der Waals surface area contributed by atoms with Crippen molar-refractivity contribution >= 4 is 39.3 Å². The maximum atomic E-state index is 11.1. The Morgan fingerprint density at radius 1 is 1.41 bits per heavy atom. The molecule has 1 aromatic heterocycles. The van der Waals surface area contributed by atoms with Gasteiger partial charge in [-0.1, -0.05) is 29.3 Å². The Hall–Kier alpha value is -1.17. The second-order valence-electron chi connectivity index (χ2n) is 3.22. The molecule has 2 rings (SSSR count). The molecule has 0 bridgehead atoms. The molecule has 17 heavy (non-hydrogen) atoms. The first-order valence-corrected chi connectivity index (χ1v) is 6.14. The highest BCUT2D eigenvalue weighted by atomic mass is 35.5. The summed E-state index contributed by atoms with van der Waals surface area (Å²) in [6.07, 6.45) is 2.95. The minimum atomic E-state index is 0.343. The molecule has 1 aromatic carbocycles. The van der Waals surface area contributed by atoms with Crippen LogP contribution in [-0.4, -0.2) is 23.8 Å². The normalized spacial score (nSPS) is 10.2. The van der Waals surface area contributed by atoms with Crippen molar-refractivity contribution in [3.8, 4) is 0 Å². The molecule has 0 amide bonds. The molecule has 4 nitrogen and oxygen atoms in total. The molecular weight excluding hydrogens is 281 g/mol. The van der Waals surface area contributed by atoms with Gasteiger partial charge in [0.2, 0.25) is 0 Å². The number of hydrogen-bond acceptors (Lipinski definition) is 3. The minimum absolute atomic E-state index is 0.343. The molecule has 0 N–H and O–H groups in total. The van der Waals surface area contributed by atoms with Gasteiger partial charge in [-0.3, -0.25) is 0 Å². The molecule has 0 unspecified atom stereocenters. The van der Waals surface area contributed by atoms with Crippen LogP contribution in [0.5, 0.6) is 0 Å². The van der Waals surface area contributed by atoms with Crippen molar-refractivity contribution in [2.75, 3.05) is 0 Å². The van der Waals surface area contributed by atoms with Crippen LogP contribution in [-0.2, 0) is 17.8 Å². The number of rotatable bonds is 3. The molecule has 0 radical (unpaired) electrons. The molecule has 0 spiro atoms. The Labute approximate surface area is 111 Å². The number of halogens is 2. The fourth-order valence-electron chi connectivity index (χ4n) is 1.33. The van der Waals surface area contributed by atoms with Crippen molar-refractivity contribution in [1.29, 1.82) is 0 Å². The SMILES string of the molecule is O=S=C(Cn1cncn1)c1ccc(Cl)cc1Cl. The summed E-state index contributed by atoms with van der Waals surface area (Å²) in [5, 5.41) is 4.93. The topological polar surface area (TPSA) is 47.8 Å². The van der Waals surface area contributed by atoms with Crippen LogP contribution in [0.3, 0.4) is 0 Å². The van der Waals surface area contributed by atoms with Gasteiger partial charge in [-0.25, -0.2) is 13.9 Å². The highest BCUT2D eigenvalue weighted by Gasteiger charge is 2.09. The van der Waals surface area contributed by atoms with Gasteiger partial charge < -0.3 is 0 Å². The molecule has 0 saturated heterocycles. The lowest BCUT2D eigenvalue weighted by Crippen LogP contribution is -2.12. The maximum absolute atomic E-state index is 11.1. The van der Waals surface area contributed by atoms with E-state index in [1.54, 1.807) is 29.2 Å². The zero-order chi connectivity index (χ0) is 12.3. The van der Waals surface area contributed by atoms with Crippen LogP contribution in [0, 0.1) is 0 Å². The number of benzene rings is 1. The highest BCUT2D eigenvalue weighted by Crippen LogP contribution is 2.21. The Kier molecular flexibility index (Phi) is 3.93. The van der Waals surface area contributed by atoms with Crippen LogP contribution in [0.15, 0.2) is 30.9 Å². The summed E-state index contributed by atoms with van der Waals surface area (Å²) in [7, 11) is 0. The first-order valence-electron chi connectivity index (χ1n) is 4.64. The van der Waals surface area contributed by atoms with E-state index in [-0.39, 0.29) is 0 Å². The van der Waals surface area contributed by atoms with E-state index < -0.39 is 0 Å². The molecule has 0 aliphatic heterocycles. The monoisotopic (exact) mass is 287 g/mol. The minimum Gasteiger partial charge on any atom is -0.248 e. The summed E-state index contributed by atoms with van der Waals surface area (Å²) >= 11 is 12.2. The van der Waals surface area contributed by atoms with E-state index in [0.29, 0.717) is 38.3 Å².